The van der Waals surface area contributed by atoms with Gasteiger partial charge in [-0.15, -0.1) is 0 Å². The first-order valence-corrected chi connectivity index (χ1v) is 10.4. The Kier molecular flexibility index (Phi) is 5.62. The summed E-state index contributed by atoms with van der Waals surface area (Å²) in [5, 5.41) is 0. The standard InChI is InChI=1S/C21H28FN3O3/c22-16-5-6-17(23-15-16)19(26)25-12-4-7-21(8-13-28-14-9-21)18(25)20(27)24-10-2-1-3-11-24/h5-6,15,18H,1-4,7-14H2. The van der Waals surface area contributed by atoms with E-state index in [4.69, 9.17) is 4.74 Å². The van der Waals surface area contributed by atoms with E-state index < -0.39 is 11.9 Å². The van der Waals surface area contributed by atoms with E-state index in [1.54, 1.807) is 4.90 Å². The van der Waals surface area contributed by atoms with Crippen LogP contribution in [0.5, 0.6) is 0 Å². The summed E-state index contributed by atoms with van der Waals surface area (Å²) in [5.41, 5.74) is -0.0391. The van der Waals surface area contributed by atoms with Crippen molar-refractivity contribution in [2.75, 3.05) is 32.8 Å². The molecule has 0 N–H and O–H groups in total. The summed E-state index contributed by atoms with van der Waals surface area (Å²) in [6.07, 6.45) is 7.61. The van der Waals surface area contributed by atoms with Crippen LogP contribution in [-0.4, -0.2) is 65.5 Å². The summed E-state index contributed by atoms with van der Waals surface area (Å²) in [5.74, 6) is -0.685. The van der Waals surface area contributed by atoms with E-state index in [9.17, 15) is 14.0 Å². The Labute approximate surface area is 165 Å². The topological polar surface area (TPSA) is 62.7 Å². The third kappa shape index (κ3) is 3.64. The third-order valence-electron chi connectivity index (χ3n) is 6.56. The number of piperidine rings is 2. The second kappa shape index (κ2) is 8.15. The Bertz CT molecular complexity index is 707. The molecule has 0 bridgehead atoms. The highest BCUT2D eigenvalue weighted by atomic mass is 19.1. The Hall–Kier alpha value is -2.02. The van der Waals surface area contributed by atoms with Crippen molar-refractivity contribution in [3.05, 3.63) is 29.8 Å². The molecule has 7 heteroatoms. The van der Waals surface area contributed by atoms with Crippen molar-refractivity contribution in [1.29, 1.82) is 0 Å². The Morgan fingerprint density at radius 3 is 2.46 bits per heavy atom. The maximum absolute atomic E-state index is 13.6. The van der Waals surface area contributed by atoms with Crippen molar-refractivity contribution in [3.63, 3.8) is 0 Å². The zero-order valence-corrected chi connectivity index (χ0v) is 16.2. The minimum absolute atomic E-state index is 0.0664. The number of amides is 2. The zero-order chi connectivity index (χ0) is 19.6. The fraction of sp³-hybridized carbons (Fsp3) is 0.667. The number of halogens is 1. The van der Waals surface area contributed by atoms with E-state index in [1.165, 1.54) is 12.1 Å². The zero-order valence-electron chi connectivity index (χ0n) is 16.2. The number of hydrogen-bond acceptors (Lipinski definition) is 4. The number of aromatic nitrogens is 1. The van der Waals surface area contributed by atoms with Gasteiger partial charge in [-0.25, -0.2) is 9.37 Å². The van der Waals surface area contributed by atoms with Crippen LogP contribution >= 0.6 is 0 Å². The molecule has 3 fully saturated rings. The van der Waals surface area contributed by atoms with Crippen LogP contribution in [0.15, 0.2) is 18.3 Å². The van der Waals surface area contributed by atoms with E-state index >= 15 is 0 Å². The molecule has 0 saturated carbocycles. The minimum atomic E-state index is -0.484. The van der Waals surface area contributed by atoms with Gasteiger partial charge in [0.2, 0.25) is 5.91 Å². The van der Waals surface area contributed by atoms with E-state index in [0.29, 0.717) is 19.8 Å². The minimum Gasteiger partial charge on any atom is -0.381 e. The lowest BCUT2D eigenvalue weighted by molar-refractivity contribution is -0.149. The average Bonchev–Trinajstić information content (AvgIpc) is 2.74. The number of ether oxygens (including phenoxy) is 1. The fourth-order valence-electron chi connectivity index (χ4n) is 5.05. The number of likely N-dealkylation sites (tertiary alicyclic amines) is 2. The van der Waals surface area contributed by atoms with Gasteiger partial charge in [-0.05, 0) is 57.1 Å². The van der Waals surface area contributed by atoms with Crippen LogP contribution in [0.25, 0.3) is 0 Å². The van der Waals surface area contributed by atoms with Gasteiger partial charge in [-0.2, -0.15) is 0 Å². The Balaban J connectivity index is 1.66. The molecular formula is C21H28FN3O3. The van der Waals surface area contributed by atoms with E-state index in [-0.39, 0.29) is 22.9 Å². The molecule has 4 heterocycles. The molecule has 3 saturated heterocycles. The van der Waals surface area contributed by atoms with Crippen LogP contribution in [0.1, 0.15) is 55.4 Å². The van der Waals surface area contributed by atoms with Gasteiger partial charge < -0.3 is 14.5 Å². The largest absolute Gasteiger partial charge is 0.381 e. The summed E-state index contributed by atoms with van der Waals surface area (Å²) < 4.78 is 18.8. The maximum Gasteiger partial charge on any atom is 0.273 e. The molecule has 3 aliphatic heterocycles. The highest BCUT2D eigenvalue weighted by Crippen LogP contribution is 2.45. The smallest absolute Gasteiger partial charge is 0.273 e. The van der Waals surface area contributed by atoms with E-state index in [0.717, 1.165) is 64.2 Å². The maximum atomic E-state index is 13.6. The molecule has 1 unspecified atom stereocenters. The normalized spacial score (nSPS) is 25.0. The van der Waals surface area contributed by atoms with E-state index in [1.807, 2.05) is 4.90 Å². The average molecular weight is 389 g/mol. The summed E-state index contributed by atoms with van der Waals surface area (Å²) in [7, 11) is 0. The van der Waals surface area contributed by atoms with Crippen molar-refractivity contribution in [2.24, 2.45) is 5.41 Å². The number of carbonyl (C=O) groups excluding carboxylic acids is 2. The highest BCUT2D eigenvalue weighted by molar-refractivity contribution is 5.96. The van der Waals surface area contributed by atoms with Crippen molar-refractivity contribution in [1.82, 2.24) is 14.8 Å². The fourth-order valence-corrected chi connectivity index (χ4v) is 5.05. The molecule has 0 aromatic carbocycles. The highest BCUT2D eigenvalue weighted by Gasteiger charge is 2.52. The number of carbonyl (C=O) groups is 2. The molecule has 1 atom stereocenters. The monoisotopic (exact) mass is 389 g/mol. The van der Waals surface area contributed by atoms with Crippen LogP contribution in [0.3, 0.4) is 0 Å². The Morgan fingerprint density at radius 2 is 1.79 bits per heavy atom. The lowest BCUT2D eigenvalue weighted by atomic mass is 9.67. The Morgan fingerprint density at radius 1 is 1.04 bits per heavy atom. The molecule has 3 aliphatic rings. The first kappa shape index (κ1) is 19.3. The molecule has 6 nitrogen and oxygen atoms in total. The molecule has 28 heavy (non-hydrogen) atoms. The quantitative estimate of drug-likeness (QED) is 0.780. The van der Waals surface area contributed by atoms with Crippen LogP contribution in [0.4, 0.5) is 4.39 Å². The van der Waals surface area contributed by atoms with Crippen LogP contribution in [0.2, 0.25) is 0 Å². The summed E-state index contributed by atoms with van der Waals surface area (Å²) in [6, 6.07) is 2.17. The molecule has 0 aliphatic carbocycles. The number of hydrogen-bond donors (Lipinski definition) is 0. The van der Waals surface area contributed by atoms with Gasteiger partial charge in [0.25, 0.3) is 5.91 Å². The van der Waals surface area contributed by atoms with Crippen LogP contribution in [0, 0.1) is 11.2 Å². The third-order valence-corrected chi connectivity index (χ3v) is 6.56. The SMILES string of the molecule is O=C(C1N(C(=O)c2ccc(F)cn2)CCCC12CCOCC2)N1CCCCC1. The van der Waals surface area contributed by atoms with Gasteiger partial charge in [0.1, 0.15) is 17.6 Å². The molecule has 152 valence electrons. The van der Waals surface area contributed by atoms with Crippen molar-refractivity contribution >= 4 is 11.8 Å². The first-order chi connectivity index (χ1) is 13.6. The van der Waals surface area contributed by atoms with Gasteiger partial charge in [0.05, 0.1) is 6.20 Å². The predicted octanol–water partition coefficient (Wildman–Crippen LogP) is 2.63. The van der Waals surface area contributed by atoms with Gasteiger partial charge >= 0.3 is 0 Å². The lowest BCUT2D eigenvalue weighted by Gasteiger charge is -2.52. The molecule has 1 aromatic heterocycles. The van der Waals surface area contributed by atoms with Gasteiger partial charge in [0.15, 0.2) is 0 Å². The van der Waals surface area contributed by atoms with Crippen molar-refractivity contribution in [3.8, 4) is 0 Å². The number of nitrogens with zero attached hydrogens (tertiary/aromatic N) is 3. The van der Waals surface area contributed by atoms with Crippen molar-refractivity contribution < 1.29 is 18.7 Å². The first-order valence-electron chi connectivity index (χ1n) is 10.4. The van der Waals surface area contributed by atoms with Crippen molar-refractivity contribution in [2.45, 2.75) is 51.0 Å². The summed E-state index contributed by atoms with van der Waals surface area (Å²) in [4.78, 5) is 34.5. The van der Waals surface area contributed by atoms with Crippen LogP contribution < -0.4 is 0 Å². The summed E-state index contributed by atoms with van der Waals surface area (Å²) in [6.45, 7) is 3.31. The van der Waals surface area contributed by atoms with Gasteiger partial charge in [0, 0.05) is 38.3 Å². The van der Waals surface area contributed by atoms with Crippen LogP contribution in [-0.2, 0) is 9.53 Å². The molecule has 1 spiro atoms. The second-order valence-corrected chi connectivity index (χ2v) is 8.23. The summed E-state index contributed by atoms with van der Waals surface area (Å²) >= 11 is 0. The molecule has 4 rings (SSSR count). The molecule has 2 amide bonds. The second-order valence-electron chi connectivity index (χ2n) is 8.23. The van der Waals surface area contributed by atoms with Gasteiger partial charge in [-0.3, -0.25) is 9.59 Å². The lowest BCUT2D eigenvalue weighted by Crippen LogP contribution is -2.63. The van der Waals surface area contributed by atoms with E-state index in [2.05, 4.69) is 4.98 Å². The number of rotatable bonds is 2. The molecule has 1 aromatic rings. The molecule has 0 radical (unpaired) electrons. The molecular weight excluding hydrogens is 361 g/mol. The number of pyridine rings is 1. The van der Waals surface area contributed by atoms with Gasteiger partial charge in [-0.1, -0.05) is 0 Å². The predicted molar refractivity (Wildman–Crippen MR) is 101 cm³/mol.